The normalized spacial score (nSPS) is 12.3. The zero-order valence-electron chi connectivity index (χ0n) is 47.5. The molecule has 0 amide bonds. The lowest BCUT2D eigenvalue weighted by atomic mass is 10.0. The highest BCUT2D eigenvalue weighted by Crippen LogP contribution is 2.17. The third kappa shape index (κ3) is 58.1. The van der Waals surface area contributed by atoms with Crippen LogP contribution in [0.1, 0.15) is 329 Å². The topological polar surface area (TPSA) is 78.9 Å². The summed E-state index contributed by atoms with van der Waals surface area (Å²) in [7, 11) is 0. The van der Waals surface area contributed by atoms with E-state index in [1.54, 1.807) is 0 Å². The van der Waals surface area contributed by atoms with Crippen LogP contribution in [-0.2, 0) is 28.6 Å². The van der Waals surface area contributed by atoms with Crippen LogP contribution in [0.3, 0.4) is 0 Å². The Morgan fingerprint density at radius 3 is 0.845 bits per heavy atom. The minimum atomic E-state index is -0.783. The van der Waals surface area contributed by atoms with Gasteiger partial charge in [0.15, 0.2) is 6.10 Å². The standard InChI is InChI=1S/C65H118O6/c1-4-7-10-13-16-19-22-25-28-30-31-32-33-35-38-41-44-47-50-53-56-59-65(68)71-62(60-69-63(66)57-54-51-48-45-42-39-36-27-24-21-18-15-12-9-6-3)61-70-64(67)58-55-52-49-46-43-40-37-34-29-26-23-20-17-14-11-8-5-2/h17,20-21,24,26,29,37,40,62H,4-16,18-19,22-23,25,27-28,30-36,38-39,41-61H2,1-3H3/b20-17-,24-21-,29-26-,40-37-/t62-/m0/s1. The Bertz CT molecular complexity index is 1230. The van der Waals surface area contributed by atoms with Gasteiger partial charge < -0.3 is 14.2 Å². The molecule has 0 aliphatic rings. The first-order chi connectivity index (χ1) is 35.0. The van der Waals surface area contributed by atoms with Crippen molar-refractivity contribution in [2.45, 2.75) is 335 Å². The Balaban J connectivity index is 4.36. The van der Waals surface area contributed by atoms with Gasteiger partial charge in [0, 0.05) is 19.3 Å². The first-order valence-electron chi connectivity index (χ1n) is 31.1. The first-order valence-corrected chi connectivity index (χ1v) is 31.1. The highest BCUT2D eigenvalue weighted by Gasteiger charge is 2.19. The maximum atomic E-state index is 12.9. The molecule has 0 aromatic rings. The summed E-state index contributed by atoms with van der Waals surface area (Å²) in [5.74, 6) is -0.886. The Morgan fingerprint density at radius 2 is 0.507 bits per heavy atom. The number of rotatable bonds is 57. The summed E-state index contributed by atoms with van der Waals surface area (Å²) in [6, 6.07) is 0. The minimum Gasteiger partial charge on any atom is -0.462 e. The van der Waals surface area contributed by atoms with Gasteiger partial charge in [-0.25, -0.2) is 0 Å². The second kappa shape index (κ2) is 59.9. The van der Waals surface area contributed by atoms with Crippen LogP contribution in [0.2, 0.25) is 0 Å². The molecule has 0 bridgehead atoms. The summed E-state index contributed by atoms with van der Waals surface area (Å²) in [5, 5.41) is 0. The van der Waals surface area contributed by atoms with Crippen molar-refractivity contribution < 1.29 is 28.6 Å². The molecule has 1 atom stereocenters. The fourth-order valence-corrected chi connectivity index (χ4v) is 9.09. The van der Waals surface area contributed by atoms with Crippen LogP contribution in [-0.4, -0.2) is 37.2 Å². The Kier molecular flexibility index (Phi) is 57.7. The van der Waals surface area contributed by atoms with Gasteiger partial charge in [-0.2, -0.15) is 0 Å². The summed E-state index contributed by atoms with van der Waals surface area (Å²) >= 11 is 0. The zero-order chi connectivity index (χ0) is 51.4. The monoisotopic (exact) mass is 995 g/mol. The fourth-order valence-electron chi connectivity index (χ4n) is 9.09. The molecule has 0 aromatic carbocycles. The van der Waals surface area contributed by atoms with E-state index in [4.69, 9.17) is 14.2 Å². The van der Waals surface area contributed by atoms with Crippen LogP contribution < -0.4 is 0 Å². The van der Waals surface area contributed by atoms with Crippen molar-refractivity contribution in [2.24, 2.45) is 0 Å². The smallest absolute Gasteiger partial charge is 0.306 e. The van der Waals surface area contributed by atoms with Crippen molar-refractivity contribution in [1.29, 1.82) is 0 Å². The molecule has 0 heterocycles. The second-order valence-electron chi connectivity index (χ2n) is 21.0. The molecule has 0 aliphatic carbocycles. The Morgan fingerprint density at radius 1 is 0.282 bits per heavy atom. The van der Waals surface area contributed by atoms with Gasteiger partial charge in [0.1, 0.15) is 13.2 Å². The van der Waals surface area contributed by atoms with Gasteiger partial charge in [-0.15, -0.1) is 0 Å². The van der Waals surface area contributed by atoms with Gasteiger partial charge in [0.2, 0.25) is 0 Å². The molecule has 414 valence electrons. The fraction of sp³-hybridized carbons (Fsp3) is 0.831. The zero-order valence-corrected chi connectivity index (χ0v) is 47.5. The number of ether oxygens (including phenoxy) is 3. The molecule has 0 radical (unpaired) electrons. The molecular weight excluding hydrogens is 877 g/mol. The number of allylic oxidation sites excluding steroid dienone is 8. The molecule has 6 nitrogen and oxygen atoms in total. The van der Waals surface area contributed by atoms with E-state index >= 15 is 0 Å². The molecule has 0 spiro atoms. The van der Waals surface area contributed by atoms with Gasteiger partial charge in [0.05, 0.1) is 0 Å². The van der Waals surface area contributed by atoms with Crippen molar-refractivity contribution in [1.82, 2.24) is 0 Å². The maximum Gasteiger partial charge on any atom is 0.306 e. The van der Waals surface area contributed by atoms with Gasteiger partial charge in [-0.05, 0) is 83.5 Å². The van der Waals surface area contributed by atoms with Crippen LogP contribution in [0.5, 0.6) is 0 Å². The lowest BCUT2D eigenvalue weighted by Crippen LogP contribution is -2.30. The summed E-state index contributed by atoms with van der Waals surface area (Å²) < 4.78 is 16.9. The van der Waals surface area contributed by atoms with Gasteiger partial charge in [0.25, 0.3) is 0 Å². The number of esters is 3. The summed E-state index contributed by atoms with van der Waals surface area (Å²) in [6.45, 7) is 6.63. The van der Waals surface area contributed by atoms with Crippen LogP contribution in [0.25, 0.3) is 0 Å². The molecule has 0 saturated carbocycles. The molecular formula is C65H118O6. The molecule has 0 aliphatic heterocycles. The van der Waals surface area contributed by atoms with Crippen molar-refractivity contribution in [3.63, 3.8) is 0 Å². The number of carbonyl (C=O) groups is 3. The average molecular weight is 996 g/mol. The summed E-state index contributed by atoms with van der Waals surface area (Å²) in [6.07, 6.45) is 73.9. The molecule has 0 fully saturated rings. The SMILES string of the molecule is CCCCC/C=C\C/C=C\C/C=C\CCCCCCC(=O)OC[C@H](COC(=O)CCCCCCCCC/C=C\CCCCCC)OC(=O)CCCCCCCCCCCCCCCCCCCCCCC. The third-order valence-corrected chi connectivity index (χ3v) is 13.8. The number of hydrogen-bond acceptors (Lipinski definition) is 6. The largest absolute Gasteiger partial charge is 0.462 e. The quantitative estimate of drug-likeness (QED) is 0.0261. The van der Waals surface area contributed by atoms with Crippen molar-refractivity contribution in [3.05, 3.63) is 48.6 Å². The molecule has 0 aromatic heterocycles. The Labute approximate surface area is 441 Å². The van der Waals surface area contributed by atoms with Crippen LogP contribution in [0.15, 0.2) is 48.6 Å². The minimum absolute atomic E-state index is 0.0795. The van der Waals surface area contributed by atoms with E-state index in [-0.39, 0.29) is 31.1 Å². The van der Waals surface area contributed by atoms with E-state index in [1.165, 1.54) is 205 Å². The highest BCUT2D eigenvalue weighted by molar-refractivity contribution is 5.71. The van der Waals surface area contributed by atoms with E-state index in [0.717, 1.165) is 83.5 Å². The number of carbonyl (C=O) groups excluding carboxylic acids is 3. The lowest BCUT2D eigenvalue weighted by Gasteiger charge is -2.18. The van der Waals surface area contributed by atoms with E-state index in [1.807, 2.05) is 0 Å². The number of hydrogen-bond donors (Lipinski definition) is 0. The van der Waals surface area contributed by atoms with E-state index in [9.17, 15) is 14.4 Å². The Hall–Kier alpha value is -2.63. The van der Waals surface area contributed by atoms with Crippen molar-refractivity contribution in [3.8, 4) is 0 Å². The van der Waals surface area contributed by atoms with Crippen LogP contribution in [0, 0.1) is 0 Å². The predicted molar refractivity (Wildman–Crippen MR) is 307 cm³/mol. The van der Waals surface area contributed by atoms with Crippen molar-refractivity contribution >= 4 is 17.9 Å². The molecule has 0 unspecified atom stereocenters. The second-order valence-corrected chi connectivity index (χ2v) is 21.0. The molecule has 71 heavy (non-hydrogen) atoms. The van der Waals surface area contributed by atoms with E-state index < -0.39 is 6.10 Å². The lowest BCUT2D eigenvalue weighted by molar-refractivity contribution is -0.167. The molecule has 6 heteroatoms. The summed E-state index contributed by atoms with van der Waals surface area (Å²) in [4.78, 5) is 38.3. The summed E-state index contributed by atoms with van der Waals surface area (Å²) in [5.41, 5.74) is 0. The third-order valence-electron chi connectivity index (χ3n) is 13.8. The molecule has 0 saturated heterocycles. The first kappa shape index (κ1) is 68.4. The maximum absolute atomic E-state index is 12.9. The molecule has 0 rings (SSSR count). The number of unbranched alkanes of at least 4 members (excludes halogenated alkanes) is 38. The van der Waals surface area contributed by atoms with E-state index in [0.29, 0.717) is 19.3 Å². The van der Waals surface area contributed by atoms with Gasteiger partial charge in [-0.3, -0.25) is 14.4 Å². The van der Waals surface area contributed by atoms with Crippen LogP contribution in [0.4, 0.5) is 0 Å². The van der Waals surface area contributed by atoms with Crippen LogP contribution >= 0.6 is 0 Å². The van der Waals surface area contributed by atoms with Gasteiger partial charge >= 0.3 is 17.9 Å². The van der Waals surface area contributed by atoms with E-state index in [2.05, 4.69) is 69.4 Å². The predicted octanol–water partition coefficient (Wildman–Crippen LogP) is 21.0. The average Bonchev–Trinajstić information content (AvgIpc) is 3.37. The molecule has 0 N–H and O–H groups in total. The van der Waals surface area contributed by atoms with Crippen molar-refractivity contribution in [2.75, 3.05) is 13.2 Å². The highest BCUT2D eigenvalue weighted by atomic mass is 16.6. The van der Waals surface area contributed by atoms with Gasteiger partial charge in [-0.1, -0.05) is 275 Å².